The number of hydrogen-bond acceptors (Lipinski definition) is 3. The second kappa shape index (κ2) is 7.12. The summed E-state index contributed by atoms with van der Waals surface area (Å²) in [6.07, 6.45) is 2.03. The van der Waals surface area contributed by atoms with Crippen molar-refractivity contribution >= 4 is 5.69 Å². The molecule has 0 amide bonds. The molecule has 1 aromatic carbocycles. The Hall–Kier alpha value is -1.22. The lowest BCUT2D eigenvalue weighted by atomic mass is 10.1. The van der Waals surface area contributed by atoms with Crippen LogP contribution in [0.4, 0.5) is 5.69 Å². The molecule has 0 aliphatic carbocycles. The number of nitrogen functional groups attached to an aromatic ring is 1. The number of ether oxygens (including phenoxy) is 2. The molecule has 90 valence electrons. The monoisotopic (exact) mass is 223 g/mol. The molecule has 3 nitrogen and oxygen atoms in total. The fourth-order valence-corrected chi connectivity index (χ4v) is 1.41. The highest BCUT2D eigenvalue weighted by Gasteiger charge is 2.00. The van der Waals surface area contributed by atoms with Gasteiger partial charge in [0, 0.05) is 6.61 Å². The molecule has 1 aromatic rings. The molecule has 0 aliphatic heterocycles. The molecule has 0 aromatic heterocycles. The average Bonchev–Trinajstić information content (AvgIpc) is 2.30. The van der Waals surface area contributed by atoms with Crippen LogP contribution in [0.1, 0.15) is 25.8 Å². The summed E-state index contributed by atoms with van der Waals surface area (Å²) in [6.45, 7) is 6.14. The molecule has 0 bridgehead atoms. The van der Waals surface area contributed by atoms with Crippen LogP contribution >= 0.6 is 0 Å². The third-order valence-corrected chi connectivity index (χ3v) is 2.32. The molecule has 16 heavy (non-hydrogen) atoms. The number of rotatable bonds is 7. The molecule has 1 rings (SSSR count). The van der Waals surface area contributed by atoms with Crippen LogP contribution < -0.4 is 10.5 Å². The first-order chi connectivity index (χ1) is 7.77. The molecule has 0 unspecified atom stereocenters. The smallest absolute Gasteiger partial charge is 0.142 e. The quantitative estimate of drug-likeness (QED) is 0.571. The van der Waals surface area contributed by atoms with Gasteiger partial charge < -0.3 is 15.2 Å². The molecule has 0 saturated heterocycles. The first-order valence-electron chi connectivity index (χ1n) is 5.86. The first kappa shape index (κ1) is 12.8. The Balaban J connectivity index is 2.36. The van der Waals surface area contributed by atoms with Gasteiger partial charge in [-0.1, -0.05) is 19.9 Å². The molecular formula is C13H21NO2. The van der Waals surface area contributed by atoms with E-state index >= 15 is 0 Å². The second-order valence-electron chi connectivity index (χ2n) is 3.69. The molecule has 3 heteroatoms. The predicted molar refractivity (Wildman–Crippen MR) is 66.8 cm³/mol. The highest BCUT2D eigenvalue weighted by atomic mass is 16.5. The summed E-state index contributed by atoms with van der Waals surface area (Å²) in [4.78, 5) is 0. The zero-order valence-electron chi connectivity index (χ0n) is 10.2. The summed E-state index contributed by atoms with van der Waals surface area (Å²) < 4.78 is 10.9. The van der Waals surface area contributed by atoms with Crippen molar-refractivity contribution in [2.75, 3.05) is 25.6 Å². The standard InChI is InChI=1S/C13H21NO2/c1-3-7-15-8-9-16-13-6-5-11(4-2)10-12(13)14/h5-6,10H,3-4,7-9,14H2,1-2H3. The molecule has 0 heterocycles. The zero-order valence-corrected chi connectivity index (χ0v) is 10.2. The third kappa shape index (κ3) is 4.11. The van der Waals surface area contributed by atoms with Crippen molar-refractivity contribution in [3.05, 3.63) is 23.8 Å². The van der Waals surface area contributed by atoms with E-state index in [1.807, 2.05) is 18.2 Å². The Morgan fingerprint density at radius 3 is 2.56 bits per heavy atom. The van der Waals surface area contributed by atoms with Crippen molar-refractivity contribution in [2.45, 2.75) is 26.7 Å². The fraction of sp³-hybridized carbons (Fsp3) is 0.538. The van der Waals surface area contributed by atoms with Gasteiger partial charge in [0.25, 0.3) is 0 Å². The van der Waals surface area contributed by atoms with Crippen LogP contribution in [0.5, 0.6) is 5.75 Å². The molecular weight excluding hydrogens is 202 g/mol. The van der Waals surface area contributed by atoms with Gasteiger partial charge in [0.2, 0.25) is 0 Å². The zero-order chi connectivity index (χ0) is 11.8. The highest BCUT2D eigenvalue weighted by Crippen LogP contribution is 2.22. The molecule has 0 atom stereocenters. The van der Waals surface area contributed by atoms with Crippen LogP contribution in [0.2, 0.25) is 0 Å². The van der Waals surface area contributed by atoms with E-state index in [1.165, 1.54) is 5.56 Å². The van der Waals surface area contributed by atoms with Crippen molar-refractivity contribution < 1.29 is 9.47 Å². The second-order valence-corrected chi connectivity index (χ2v) is 3.69. The normalized spacial score (nSPS) is 10.4. The van der Waals surface area contributed by atoms with Crippen molar-refractivity contribution in [1.29, 1.82) is 0 Å². The summed E-state index contributed by atoms with van der Waals surface area (Å²) in [5.41, 5.74) is 7.80. The van der Waals surface area contributed by atoms with E-state index in [0.717, 1.165) is 25.2 Å². The molecule has 0 fully saturated rings. The Bertz CT molecular complexity index is 313. The molecule has 0 radical (unpaired) electrons. The van der Waals surface area contributed by atoms with Gasteiger partial charge in [-0.05, 0) is 30.5 Å². The summed E-state index contributed by atoms with van der Waals surface area (Å²) in [7, 11) is 0. The SMILES string of the molecule is CCCOCCOc1ccc(CC)cc1N. The van der Waals surface area contributed by atoms with Crippen molar-refractivity contribution in [3.8, 4) is 5.75 Å². The summed E-state index contributed by atoms with van der Waals surface area (Å²) in [5, 5.41) is 0. The molecule has 2 N–H and O–H groups in total. The van der Waals surface area contributed by atoms with Gasteiger partial charge in [-0.15, -0.1) is 0 Å². The van der Waals surface area contributed by atoms with E-state index in [-0.39, 0.29) is 0 Å². The van der Waals surface area contributed by atoms with E-state index in [9.17, 15) is 0 Å². The van der Waals surface area contributed by atoms with E-state index in [4.69, 9.17) is 15.2 Å². The van der Waals surface area contributed by atoms with Gasteiger partial charge in [0.15, 0.2) is 0 Å². The maximum atomic E-state index is 5.87. The van der Waals surface area contributed by atoms with E-state index < -0.39 is 0 Å². The number of benzene rings is 1. The first-order valence-corrected chi connectivity index (χ1v) is 5.86. The minimum absolute atomic E-state index is 0.551. The minimum Gasteiger partial charge on any atom is -0.489 e. The van der Waals surface area contributed by atoms with E-state index in [2.05, 4.69) is 13.8 Å². The Morgan fingerprint density at radius 2 is 1.94 bits per heavy atom. The third-order valence-electron chi connectivity index (χ3n) is 2.32. The van der Waals surface area contributed by atoms with Gasteiger partial charge in [0.05, 0.1) is 12.3 Å². The topological polar surface area (TPSA) is 44.5 Å². The van der Waals surface area contributed by atoms with Crippen LogP contribution in [-0.2, 0) is 11.2 Å². The number of anilines is 1. The number of hydrogen-bond donors (Lipinski definition) is 1. The van der Waals surface area contributed by atoms with Crippen LogP contribution in [0, 0.1) is 0 Å². The lowest BCUT2D eigenvalue weighted by Crippen LogP contribution is -2.08. The average molecular weight is 223 g/mol. The Kier molecular flexibility index (Phi) is 5.72. The Labute approximate surface area is 97.6 Å². The van der Waals surface area contributed by atoms with Crippen molar-refractivity contribution in [1.82, 2.24) is 0 Å². The number of nitrogens with two attached hydrogens (primary N) is 1. The Morgan fingerprint density at radius 1 is 1.12 bits per heavy atom. The fourth-order valence-electron chi connectivity index (χ4n) is 1.41. The van der Waals surface area contributed by atoms with Gasteiger partial charge in [-0.25, -0.2) is 0 Å². The molecule has 0 spiro atoms. The predicted octanol–water partition coefficient (Wildman–Crippen LogP) is 2.64. The summed E-state index contributed by atoms with van der Waals surface area (Å²) >= 11 is 0. The number of aryl methyl sites for hydroxylation is 1. The maximum Gasteiger partial charge on any atom is 0.142 e. The van der Waals surface area contributed by atoms with Gasteiger partial charge in [-0.3, -0.25) is 0 Å². The lowest BCUT2D eigenvalue weighted by Gasteiger charge is -2.10. The van der Waals surface area contributed by atoms with Crippen LogP contribution in [0.15, 0.2) is 18.2 Å². The minimum atomic E-state index is 0.551. The summed E-state index contributed by atoms with van der Waals surface area (Å²) in [5.74, 6) is 0.747. The highest BCUT2D eigenvalue weighted by molar-refractivity contribution is 5.54. The van der Waals surface area contributed by atoms with Gasteiger partial charge >= 0.3 is 0 Å². The van der Waals surface area contributed by atoms with Gasteiger partial charge in [-0.2, -0.15) is 0 Å². The van der Waals surface area contributed by atoms with E-state index in [0.29, 0.717) is 18.9 Å². The van der Waals surface area contributed by atoms with E-state index in [1.54, 1.807) is 0 Å². The van der Waals surface area contributed by atoms with Crippen LogP contribution in [-0.4, -0.2) is 19.8 Å². The van der Waals surface area contributed by atoms with Crippen LogP contribution in [0.3, 0.4) is 0 Å². The molecule has 0 saturated carbocycles. The maximum absolute atomic E-state index is 5.87. The van der Waals surface area contributed by atoms with Crippen molar-refractivity contribution in [2.24, 2.45) is 0 Å². The van der Waals surface area contributed by atoms with Gasteiger partial charge in [0.1, 0.15) is 12.4 Å². The summed E-state index contributed by atoms with van der Waals surface area (Å²) in [6, 6.07) is 5.93. The largest absolute Gasteiger partial charge is 0.489 e. The lowest BCUT2D eigenvalue weighted by molar-refractivity contribution is 0.101. The van der Waals surface area contributed by atoms with Crippen molar-refractivity contribution in [3.63, 3.8) is 0 Å². The molecule has 0 aliphatic rings. The van der Waals surface area contributed by atoms with Crippen LogP contribution in [0.25, 0.3) is 0 Å².